The molecule has 18 heavy (non-hydrogen) atoms. The summed E-state index contributed by atoms with van der Waals surface area (Å²) < 4.78 is 39.2. The van der Waals surface area contributed by atoms with Gasteiger partial charge in [-0.2, -0.15) is 4.31 Å². The van der Waals surface area contributed by atoms with Gasteiger partial charge in [-0.05, 0) is 18.2 Å². The standard InChI is InChI=1S/C11H14ClFN2O2S/c1-2-15(9-6-14-7-9)18(16,17)11-4-3-8(13)5-10(11)12/h3-5,9,14H,2,6-7H2,1H3. The molecule has 1 aromatic rings. The van der Waals surface area contributed by atoms with E-state index in [2.05, 4.69) is 5.32 Å². The second-order valence-electron chi connectivity index (χ2n) is 4.10. The Morgan fingerprint density at radius 2 is 2.17 bits per heavy atom. The highest BCUT2D eigenvalue weighted by atomic mass is 35.5. The Balaban J connectivity index is 2.39. The van der Waals surface area contributed by atoms with Gasteiger partial charge in [-0.25, -0.2) is 12.8 Å². The Labute approximate surface area is 111 Å². The summed E-state index contributed by atoms with van der Waals surface area (Å²) in [6.07, 6.45) is 0. The van der Waals surface area contributed by atoms with E-state index in [1.165, 1.54) is 10.4 Å². The minimum absolute atomic E-state index is 0.0423. The fourth-order valence-corrected chi connectivity index (χ4v) is 4.05. The SMILES string of the molecule is CCN(C1CNC1)S(=O)(=O)c1ccc(F)cc1Cl. The first kappa shape index (κ1) is 13.7. The van der Waals surface area contributed by atoms with Crippen molar-refractivity contribution in [3.05, 3.63) is 29.0 Å². The molecular weight excluding hydrogens is 279 g/mol. The number of likely N-dealkylation sites (N-methyl/N-ethyl adjacent to an activating group) is 1. The summed E-state index contributed by atoms with van der Waals surface area (Å²) >= 11 is 5.82. The molecule has 1 aliphatic rings. The van der Waals surface area contributed by atoms with Crippen molar-refractivity contribution in [2.75, 3.05) is 19.6 Å². The van der Waals surface area contributed by atoms with Crippen molar-refractivity contribution in [2.24, 2.45) is 0 Å². The summed E-state index contributed by atoms with van der Waals surface area (Å²) in [5.74, 6) is -0.549. The molecule has 4 nitrogen and oxygen atoms in total. The van der Waals surface area contributed by atoms with Crippen LogP contribution in [-0.4, -0.2) is 38.4 Å². The predicted molar refractivity (Wildman–Crippen MR) is 67.6 cm³/mol. The lowest BCUT2D eigenvalue weighted by molar-refractivity contribution is 0.249. The van der Waals surface area contributed by atoms with Gasteiger partial charge >= 0.3 is 0 Å². The quantitative estimate of drug-likeness (QED) is 0.914. The molecule has 0 radical (unpaired) electrons. The van der Waals surface area contributed by atoms with Gasteiger partial charge in [0.25, 0.3) is 0 Å². The number of benzene rings is 1. The maximum atomic E-state index is 13.0. The Kier molecular flexibility index (Phi) is 3.91. The summed E-state index contributed by atoms with van der Waals surface area (Å²) in [6.45, 7) is 3.40. The molecule has 0 spiro atoms. The molecule has 1 aliphatic heterocycles. The van der Waals surface area contributed by atoms with Crippen LogP contribution in [0, 0.1) is 5.82 Å². The van der Waals surface area contributed by atoms with E-state index >= 15 is 0 Å². The number of nitrogens with one attached hydrogen (secondary N) is 1. The van der Waals surface area contributed by atoms with Crippen LogP contribution in [-0.2, 0) is 10.0 Å². The zero-order chi connectivity index (χ0) is 13.3. The lowest BCUT2D eigenvalue weighted by Gasteiger charge is -2.36. The van der Waals surface area contributed by atoms with Gasteiger partial charge in [0, 0.05) is 19.6 Å². The molecule has 0 atom stereocenters. The van der Waals surface area contributed by atoms with Crippen LogP contribution in [0.2, 0.25) is 5.02 Å². The van der Waals surface area contributed by atoms with Crippen LogP contribution in [0.5, 0.6) is 0 Å². The van der Waals surface area contributed by atoms with E-state index in [9.17, 15) is 12.8 Å². The van der Waals surface area contributed by atoms with Crippen molar-refractivity contribution in [3.63, 3.8) is 0 Å². The van der Waals surface area contributed by atoms with Gasteiger partial charge in [0.1, 0.15) is 10.7 Å². The summed E-state index contributed by atoms with van der Waals surface area (Å²) in [5, 5.41) is 2.94. The molecule has 0 aliphatic carbocycles. The average Bonchev–Trinajstić information content (AvgIpc) is 2.22. The molecule has 1 fully saturated rings. The van der Waals surface area contributed by atoms with Crippen LogP contribution < -0.4 is 5.32 Å². The van der Waals surface area contributed by atoms with Crippen LogP contribution in [0.3, 0.4) is 0 Å². The minimum atomic E-state index is -3.66. The summed E-state index contributed by atoms with van der Waals surface area (Å²) in [6, 6.07) is 3.27. The van der Waals surface area contributed by atoms with E-state index in [-0.39, 0.29) is 16.0 Å². The third-order valence-corrected chi connectivity index (χ3v) is 5.47. The monoisotopic (exact) mass is 292 g/mol. The lowest BCUT2D eigenvalue weighted by atomic mass is 10.2. The van der Waals surface area contributed by atoms with Crippen LogP contribution in [0.25, 0.3) is 0 Å². The largest absolute Gasteiger partial charge is 0.313 e. The fraction of sp³-hybridized carbons (Fsp3) is 0.455. The number of rotatable bonds is 4. The smallest absolute Gasteiger partial charge is 0.244 e. The predicted octanol–water partition coefficient (Wildman–Crippen LogP) is 1.46. The minimum Gasteiger partial charge on any atom is -0.313 e. The van der Waals surface area contributed by atoms with E-state index in [4.69, 9.17) is 11.6 Å². The van der Waals surface area contributed by atoms with E-state index in [1.54, 1.807) is 6.92 Å². The molecule has 7 heteroatoms. The molecule has 0 amide bonds. The number of hydrogen-bond donors (Lipinski definition) is 1. The third-order valence-electron chi connectivity index (χ3n) is 2.96. The molecule has 1 heterocycles. The molecule has 1 saturated heterocycles. The highest BCUT2D eigenvalue weighted by Crippen LogP contribution is 2.27. The number of nitrogens with zero attached hydrogens (tertiary/aromatic N) is 1. The van der Waals surface area contributed by atoms with Crippen molar-refractivity contribution < 1.29 is 12.8 Å². The second kappa shape index (κ2) is 5.13. The number of sulfonamides is 1. The van der Waals surface area contributed by atoms with Crippen molar-refractivity contribution in [3.8, 4) is 0 Å². The van der Waals surface area contributed by atoms with Gasteiger partial charge < -0.3 is 5.32 Å². The topological polar surface area (TPSA) is 49.4 Å². The van der Waals surface area contributed by atoms with E-state index in [0.29, 0.717) is 19.6 Å². The molecule has 100 valence electrons. The maximum absolute atomic E-state index is 13.0. The van der Waals surface area contributed by atoms with Gasteiger partial charge in [-0.15, -0.1) is 0 Å². The van der Waals surface area contributed by atoms with Crippen LogP contribution in [0.15, 0.2) is 23.1 Å². The number of halogens is 2. The van der Waals surface area contributed by atoms with E-state index in [1.807, 2.05) is 0 Å². The second-order valence-corrected chi connectivity index (χ2v) is 6.36. The Morgan fingerprint density at radius 1 is 1.50 bits per heavy atom. The first-order valence-electron chi connectivity index (χ1n) is 5.64. The normalized spacial score (nSPS) is 16.9. The summed E-state index contributed by atoms with van der Waals surface area (Å²) in [7, 11) is -3.66. The van der Waals surface area contributed by atoms with Crippen molar-refractivity contribution in [1.82, 2.24) is 9.62 Å². The molecule has 0 unspecified atom stereocenters. The van der Waals surface area contributed by atoms with Gasteiger partial charge in [0.05, 0.1) is 11.1 Å². The highest BCUT2D eigenvalue weighted by Gasteiger charge is 2.34. The molecule has 0 bridgehead atoms. The van der Waals surface area contributed by atoms with Gasteiger partial charge in [0.2, 0.25) is 10.0 Å². The highest BCUT2D eigenvalue weighted by molar-refractivity contribution is 7.89. The summed E-state index contributed by atoms with van der Waals surface area (Å²) in [4.78, 5) is -0.0423. The molecule has 1 aromatic carbocycles. The van der Waals surface area contributed by atoms with E-state index < -0.39 is 15.8 Å². The average molecular weight is 293 g/mol. The van der Waals surface area contributed by atoms with E-state index in [0.717, 1.165) is 12.1 Å². The molecule has 0 aromatic heterocycles. The lowest BCUT2D eigenvalue weighted by Crippen LogP contribution is -2.58. The van der Waals surface area contributed by atoms with Gasteiger partial charge in [-0.3, -0.25) is 0 Å². The molecule has 0 saturated carbocycles. The molecule has 2 rings (SSSR count). The first-order valence-corrected chi connectivity index (χ1v) is 7.46. The zero-order valence-corrected chi connectivity index (χ0v) is 11.4. The van der Waals surface area contributed by atoms with Crippen molar-refractivity contribution in [1.29, 1.82) is 0 Å². The first-order chi connectivity index (χ1) is 8.46. The number of hydrogen-bond acceptors (Lipinski definition) is 3. The fourth-order valence-electron chi connectivity index (χ4n) is 1.91. The van der Waals surface area contributed by atoms with Crippen molar-refractivity contribution >= 4 is 21.6 Å². The molecular formula is C11H14ClFN2O2S. The summed E-state index contributed by atoms with van der Waals surface area (Å²) in [5.41, 5.74) is 0. The van der Waals surface area contributed by atoms with Crippen LogP contribution >= 0.6 is 11.6 Å². The van der Waals surface area contributed by atoms with Crippen LogP contribution in [0.1, 0.15) is 6.92 Å². The Bertz CT molecular complexity index is 546. The zero-order valence-electron chi connectivity index (χ0n) is 9.86. The third kappa shape index (κ3) is 2.38. The Morgan fingerprint density at radius 3 is 2.61 bits per heavy atom. The Hall–Kier alpha value is -0.690. The van der Waals surface area contributed by atoms with Gasteiger partial charge in [-0.1, -0.05) is 18.5 Å². The van der Waals surface area contributed by atoms with Crippen LogP contribution in [0.4, 0.5) is 4.39 Å². The maximum Gasteiger partial charge on any atom is 0.244 e. The van der Waals surface area contributed by atoms with Gasteiger partial charge in [0.15, 0.2) is 0 Å². The van der Waals surface area contributed by atoms with Crippen molar-refractivity contribution in [2.45, 2.75) is 17.9 Å². The molecule has 1 N–H and O–H groups in total.